The van der Waals surface area contributed by atoms with Crippen LogP contribution in [0.2, 0.25) is 0 Å². The molecule has 0 saturated heterocycles. The Morgan fingerprint density at radius 3 is 1.50 bits per heavy atom. The summed E-state index contributed by atoms with van der Waals surface area (Å²) < 4.78 is 64.4. The average Bonchev–Trinajstić information content (AvgIpc) is 2.23. The van der Waals surface area contributed by atoms with Gasteiger partial charge < -0.3 is 4.90 Å². The maximum atomic E-state index is 13.1. The smallest absolute Gasteiger partial charge is 0.200 e. The van der Waals surface area contributed by atoms with Crippen molar-refractivity contribution in [3.63, 3.8) is 0 Å². The van der Waals surface area contributed by atoms with Crippen LogP contribution in [0.15, 0.2) is 0 Å². The van der Waals surface area contributed by atoms with Crippen molar-refractivity contribution in [2.75, 3.05) is 20.6 Å². The van der Waals surface area contributed by atoms with Crippen molar-refractivity contribution in [2.24, 2.45) is 0 Å². The van der Waals surface area contributed by atoms with E-state index in [1.165, 1.54) is 0 Å². The highest BCUT2D eigenvalue weighted by atomic mass is 19.2. The number of nitrogens with zero attached hydrogens (tertiary/aromatic N) is 1. The Morgan fingerprint density at radius 2 is 1.12 bits per heavy atom. The zero-order valence-corrected chi connectivity index (χ0v) is 8.75. The molecule has 1 aromatic carbocycles. The quantitative estimate of drug-likeness (QED) is 0.445. The molecule has 16 heavy (non-hydrogen) atoms. The van der Waals surface area contributed by atoms with Crippen molar-refractivity contribution in [2.45, 2.75) is 6.42 Å². The molecule has 0 aliphatic heterocycles. The third-order valence-corrected chi connectivity index (χ3v) is 2.11. The van der Waals surface area contributed by atoms with Gasteiger partial charge in [-0.25, -0.2) is 22.0 Å². The third-order valence-electron chi connectivity index (χ3n) is 2.11. The molecule has 1 aromatic rings. The number of hydrogen-bond acceptors (Lipinski definition) is 1. The minimum Gasteiger partial charge on any atom is -0.309 e. The molecule has 0 fully saturated rings. The molecular weight excluding hydrogens is 229 g/mol. The van der Waals surface area contributed by atoms with E-state index in [4.69, 9.17) is 0 Å². The monoisotopic (exact) mass is 239 g/mol. The highest BCUT2D eigenvalue weighted by Gasteiger charge is 2.25. The maximum absolute atomic E-state index is 13.1. The molecule has 6 heteroatoms. The van der Waals surface area contributed by atoms with Crippen LogP contribution in [0.3, 0.4) is 0 Å². The van der Waals surface area contributed by atoms with Gasteiger partial charge in [-0.05, 0) is 20.5 Å². The molecule has 0 radical (unpaired) electrons. The van der Waals surface area contributed by atoms with Crippen molar-refractivity contribution in [1.29, 1.82) is 0 Å². The van der Waals surface area contributed by atoms with Crippen LogP contribution < -0.4 is 0 Å². The van der Waals surface area contributed by atoms with Crippen molar-refractivity contribution in [1.82, 2.24) is 4.90 Å². The van der Waals surface area contributed by atoms with Gasteiger partial charge in [0.25, 0.3) is 0 Å². The molecule has 0 amide bonds. The minimum atomic E-state index is -2.12. The van der Waals surface area contributed by atoms with Crippen LogP contribution in [-0.2, 0) is 6.42 Å². The highest BCUT2D eigenvalue weighted by molar-refractivity contribution is 5.24. The first-order chi connectivity index (χ1) is 7.36. The topological polar surface area (TPSA) is 3.24 Å². The largest absolute Gasteiger partial charge is 0.309 e. The van der Waals surface area contributed by atoms with Gasteiger partial charge in [-0.15, -0.1) is 0 Å². The van der Waals surface area contributed by atoms with Crippen LogP contribution in [0.5, 0.6) is 0 Å². The molecule has 0 saturated carbocycles. The van der Waals surface area contributed by atoms with Crippen LogP contribution in [0, 0.1) is 29.1 Å². The molecule has 0 heterocycles. The summed E-state index contributed by atoms with van der Waals surface area (Å²) in [5.41, 5.74) is -0.773. The van der Waals surface area contributed by atoms with E-state index in [0.717, 1.165) is 0 Å². The third kappa shape index (κ3) is 2.32. The zero-order chi connectivity index (χ0) is 12.5. The second-order valence-electron chi connectivity index (χ2n) is 3.60. The molecule has 0 aliphatic carbocycles. The summed E-state index contributed by atoms with van der Waals surface area (Å²) in [6.45, 7) is 0.193. The molecule has 0 bridgehead atoms. The van der Waals surface area contributed by atoms with Gasteiger partial charge in [0.2, 0.25) is 5.82 Å². The van der Waals surface area contributed by atoms with Gasteiger partial charge in [0.15, 0.2) is 23.3 Å². The standard InChI is InChI=1S/C10H10F5N/c1-16(2)4-3-5-6(11)8(13)10(15)9(14)7(5)12/h3-4H2,1-2H3. The Hall–Kier alpha value is -1.17. The normalized spacial score (nSPS) is 11.2. The Balaban J connectivity index is 3.18. The minimum absolute atomic E-state index is 0.193. The maximum Gasteiger partial charge on any atom is 0.200 e. The summed E-state index contributed by atoms with van der Waals surface area (Å²) in [6, 6.07) is 0. The van der Waals surface area contributed by atoms with E-state index >= 15 is 0 Å². The predicted octanol–water partition coefficient (Wildman–Crippen LogP) is 2.49. The van der Waals surface area contributed by atoms with E-state index in [1.807, 2.05) is 0 Å². The lowest BCUT2D eigenvalue weighted by atomic mass is 10.1. The second kappa shape index (κ2) is 4.78. The lowest BCUT2D eigenvalue weighted by Crippen LogP contribution is -2.18. The van der Waals surface area contributed by atoms with Crippen molar-refractivity contribution >= 4 is 0 Å². The highest BCUT2D eigenvalue weighted by Crippen LogP contribution is 2.23. The summed E-state index contributed by atoms with van der Waals surface area (Å²) in [5, 5.41) is 0. The van der Waals surface area contributed by atoms with Crippen LogP contribution in [-0.4, -0.2) is 25.5 Å². The van der Waals surface area contributed by atoms with Crippen LogP contribution in [0.4, 0.5) is 22.0 Å². The van der Waals surface area contributed by atoms with E-state index in [1.54, 1.807) is 19.0 Å². The van der Waals surface area contributed by atoms with E-state index < -0.39 is 34.6 Å². The molecule has 0 aliphatic rings. The molecule has 0 N–H and O–H groups in total. The Labute approximate surface area is 89.5 Å². The summed E-state index contributed by atoms with van der Waals surface area (Å²) in [5.74, 6) is -9.42. The van der Waals surface area contributed by atoms with Gasteiger partial charge in [-0.2, -0.15) is 0 Å². The second-order valence-corrected chi connectivity index (χ2v) is 3.60. The first-order valence-corrected chi connectivity index (χ1v) is 4.51. The molecule has 0 aromatic heterocycles. The molecule has 0 atom stereocenters. The molecule has 0 spiro atoms. The molecule has 90 valence electrons. The summed E-state index contributed by atoms with van der Waals surface area (Å²) in [6.07, 6.45) is -0.237. The molecule has 1 nitrogen and oxygen atoms in total. The van der Waals surface area contributed by atoms with Gasteiger partial charge in [-0.1, -0.05) is 0 Å². The van der Waals surface area contributed by atoms with Gasteiger partial charge >= 0.3 is 0 Å². The summed E-state index contributed by atoms with van der Waals surface area (Å²) >= 11 is 0. The Kier molecular flexibility index (Phi) is 3.85. The lowest BCUT2D eigenvalue weighted by Gasteiger charge is -2.11. The SMILES string of the molecule is CN(C)CCc1c(F)c(F)c(F)c(F)c1F. The van der Waals surface area contributed by atoms with Crippen molar-refractivity contribution < 1.29 is 22.0 Å². The number of likely N-dealkylation sites (N-methyl/N-ethyl adjacent to an activating group) is 1. The van der Waals surface area contributed by atoms with Crippen LogP contribution >= 0.6 is 0 Å². The van der Waals surface area contributed by atoms with Crippen LogP contribution in [0.1, 0.15) is 5.56 Å². The Bertz CT molecular complexity index is 374. The number of rotatable bonds is 3. The van der Waals surface area contributed by atoms with E-state index in [9.17, 15) is 22.0 Å². The van der Waals surface area contributed by atoms with Gasteiger partial charge in [0.1, 0.15) is 0 Å². The fraction of sp³-hybridized carbons (Fsp3) is 0.400. The van der Waals surface area contributed by atoms with Gasteiger partial charge in [-0.3, -0.25) is 0 Å². The number of halogens is 5. The van der Waals surface area contributed by atoms with Crippen LogP contribution in [0.25, 0.3) is 0 Å². The molecular formula is C10H10F5N. The molecule has 1 rings (SSSR count). The van der Waals surface area contributed by atoms with Gasteiger partial charge in [0.05, 0.1) is 0 Å². The van der Waals surface area contributed by atoms with E-state index in [2.05, 4.69) is 0 Å². The zero-order valence-electron chi connectivity index (χ0n) is 8.75. The summed E-state index contributed by atoms with van der Waals surface area (Å²) in [7, 11) is 3.26. The van der Waals surface area contributed by atoms with E-state index in [0.29, 0.717) is 0 Å². The first-order valence-electron chi connectivity index (χ1n) is 4.51. The predicted molar refractivity (Wildman–Crippen MR) is 48.5 cm³/mol. The average molecular weight is 239 g/mol. The number of hydrogen-bond donors (Lipinski definition) is 0. The van der Waals surface area contributed by atoms with Crippen molar-refractivity contribution in [3.8, 4) is 0 Å². The lowest BCUT2D eigenvalue weighted by molar-refractivity contribution is 0.358. The molecule has 0 unspecified atom stereocenters. The van der Waals surface area contributed by atoms with E-state index in [-0.39, 0.29) is 13.0 Å². The number of benzene rings is 1. The van der Waals surface area contributed by atoms with Gasteiger partial charge in [0, 0.05) is 12.1 Å². The summed E-state index contributed by atoms with van der Waals surface area (Å²) in [4.78, 5) is 1.58. The fourth-order valence-electron chi connectivity index (χ4n) is 1.21. The Morgan fingerprint density at radius 1 is 0.750 bits per heavy atom. The fourth-order valence-corrected chi connectivity index (χ4v) is 1.21. The first kappa shape index (κ1) is 12.9. The van der Waals surface area contributed by atoms with Crippen molar-refractivity contribution in [3.05, 3.63) is 34.6 Å².